The fraction of sp³-hybridized carbons (Fsp3) is 0.455. The Balaban J connectivity index is 2.04. The molecular weight excluding hydrogens is 317 g/mol. The summed E-state index contributed by atoms with van der Waals surface area (Å²) in [6.07, 6.45) is -3.98. The van der Waals surface area contributed by atoms with Crippen molar-refractivity contribution in [3.05, 3.63) is 22.7 Å². The van der Waals surface area contributed by atoms with Crippen LogP contribution in [0.2, 0.25) is 0 Å². The third kappa shape index (κ3) is 3.78. The van der Waals surface area contributed by atoms with Crippen molar-refractivity contribution < 1.29 is 27.4 Å². The maximum Gasteiger partial charge on any atom is 0.573 e. The first kappa shape index (κ1) is 13.5. The zero-order valence-corrected chi connectivity index (χ0v) is 10.8. The first-order valence-corrected chi connectivity index (χ1v) is 6.03. The molecule has 1 aromatic rings. The third-order valence-corrected chi connectivity index (χ3v) is 2.94. The van der Waals surface area contributed by atoms with Crippen LogP contribution in [0.5, 0.6) is 11.5 Å². The minimum atomic E-state index is -4.70. The monoisotopic (exact) mass is 326 g/mol. The molecule has 0 N–H and O–H groups in total. The zero-order valence-electron chi connectivity index (χ0n) is 9.17. The SMILES string of the molecule is FC(F)(F)Oc1ccc(OC2CCOC2)cc1Br. The first-order chi connectivity index (χ1) is 8.44. The van der Waals surface area contributed by atoms with Gasteiger partial charge in [0.15, 0.2) is 0 Å². The summed E-state index contributed by atoms with van der Waals surface area (Å²) in [5.41, 5.74) is 0. The van der Waals surface area contributed by atoms with Crippen molar-refractivity contribution in [2.45, 2.75) is 18.9 Å². The summed E-state index contributed by atoms with van der Waals surface area (Å²) in [4.78, 5) is 0. The number of alkyl halides is 3. The number of hydrogen-bond acceptors (Lipinski definition) is 3. The normalized spacial score (nSPS) is 19.9. The van der Waals surface area contributed by atoms with Gasteiger partial charge in [-0.1, -0.05) is 0 Å². The Kier molecular flexibility index (Phi) is 4.01. The van der Waals surface area contributed by atoms with Crippen LogP contribution in [-0.4, -0.2) is 25.7 Å². The second-order valence-electron chi connectivity index (χ2n) is 3.74. The lowest BCUT2D eigenvalue weighted by atomic mass is 10.3. The Hall–Kier alpha value is -0.950. The Morgan fingerprint density at radius 2 is 2.11 bits per heavy atom. The van der Waals surface area contributed by atoms with Crippen LogP contribution in [0.25, 0.3) is 0 Å². The minimum absolute atomic E-state index is 0.0497. The van der Waals surface area contributed by atoms with Gasteiger partial charge >= 0.3 is 6.36 Å². The highest BCUT2D eigenvalue weighted by Gasteiger charge is 2.32. The highest BCUT2D eigenvalue weighted by molar-refractivity contribution is 9.10. The number of rotatable bonds is 3. The lowest BCUT2D eigenvalue weighted by molar-refractivity contribution is -0.274. The van der Waals surface area contributed by atoms with E-state index in [0.29, 0.717) is 19.0 Å². The Labute approximate surface area is 110 Å². The quantitative estimate of drug-likeness (QED) is 0.850. The average Bonchev–Trinajstić information content (AvgIpc) is 2.73. The highest BCUT2D eigenvalue weighted by atomic mass is 79.9. The van der Waals surface area contributed by atoms with Crippen LogP contribution in [-0.2, 0) is 4.74 Å². The molecule has 100 valence electrons. The molecule has 1 heterocycles. The summed E-state index contributed by atoms with van der Waals surface area (Å²) >= 11 is 3.01. The van der Waals surface area contributed by atoms with Gasteiger partial charge in [-0.05, 0) is 34.1 Å². The molecule has 1 unspecified atom stereocenters. The van der Waals surface area contributed by atoms with E-state index in [2.05, 4.69) is 20.7 Å². The van der Waals surface area contributed by atoms with E-state index >= 15 is 0 Å². The summed E-state index contributed by atoms with van der Waals surface area (Å²) in [7, 11) is 0. The van der Waals surface area contributed by atoms with Gasteiger partial charge in [0.2, 0.25) is 0 Å². The number of halogens is 4. The fourth-order valence-electron chi connectivity index (χ4n) is 1.56. The van der Waals surface area contributed by atoms with E-state index < -0.39 is 6.36 Å². The standard InChI is InChI=1S/C11H10BrF3O3/c12-9-5-7(17-8-3-4-16-6-8)1-2-10(9)18-11(13,14)15/h1-2,5,8H,3-4,6H2. The van der Waals surface area contributed by atoms with Gasteiger partial charge in [-0.3, -0.25) is 0 Å². The first-order valence-electron chi connectivity index (χ1n) is 5.24. The topological polar surface area (TPSA) is 27.7 Å². The lowest BCUT2D eigenvalue weighted by Gasteiger charge is -2.14. The van der Waals surface area contributed by atoms with E-state index in [-0.39, 0.29) is 16.3 Å². The molecule has 1 aromatic carbocycles. The van der Waals surface area contributed by atoms with Gasteiger partial charge in [-0.2, -0.15) is 0 Å². The zero-order chi connectivity index (χ0) is 13.2. The highest BCUT2D eigenvalue weighted by Crippen LogP contribution is 2.33. The smallest absolute Gasteiger partial charge is 0.488 e. The van der Waals surface area contributed by atoms with Crippen molar-refractivity contribution in [1.29, 1.82) is 0 Å². The largest absolute Gasteiger partial charge is 0.573 e. The van der Waals surface area contributed by atoms with E-state index in [9.17, 15) is 13.2 Å². The van der Waals surface area contributed by atoms with Gasteiger partial charge in [0.25, 0.3) is 0 Å². The summed E-state index contributed by atoms with van der Waals surface area (Å²) in [5, 5.41) is 0. The van der Waals surface area contributed by atoms with Gasteiger partial charge < -0.3 is 14.2 Å². The van der Waals surface area contributed by atoms with Crippen molar-refractivity contribution in [2.24, 2.45) is 0 Å². The van der Waals surface area contributed by atoms with Crippen molar-refractivity contribution in [1.82, 2.24) is 0 Å². The van der Waals surface area contributed by atoms with Crippen LogP contribution in [0.1, 0.15) is 6.42 Å². The van der Waals surface area contributed by atoms with Crippen LogP contribution in [0.4, 0.5) is 13.2 Å². The Morgan fingerprint density at radius 1 is 1.33 bits per heavy atom. The molecule has 0 saturated carbocycles. The van der Waals surface area contributed by atoms with Crippen molar-refractivity contribution >= 4 is 15.9 Å². The maximum absolute atomic E-state index is 12.1. The van der Waals surface area contributed by atoms with Crippen molar-refractivity contribution in [3.8, 4) is 11.5 Å². The van der Waals surface area contributed by atoms with Crippen LogP contribution in [0.3, 0.4) is 0 Å². The lowest BCUT2D eigenvalue weighted by Crippen LogP contribution is -2.18. The predicted molar refractivity (Wildman–Crippen MR) is 60.7 cm³/mol. The fourth-order valence-corrected chi connectivity index (χ4v) is 2.00. The molecule has 0 aromatic heterocycles. The maximum atomic E-state index is 12.1. The molecular formula is C11H10BrF3O3. The third-order valence-electron chi connectivity index (χ3n) is 2.32. The second-order valence-corrected chi connectivity index (χ2v) is 4.60. The van der Waals surface area contributed by atoms with E-state index in [1.807, 2.05) is 0 Å². The van der Waals surface area contributed by atoms with Crippen molar-refractivity contribution in [2.75, 3.05) is 13.2 Å². The molecule has 18 heavy (non-hydrogen) atoms. The minimum Gasteiger partial charge on any atom is -0.488 e. The summed E-state index contributed by atoms with van der Waals surface area (Å²) in [5.74, 6) is 0.185. The summed E-state index contributed by atoms with van der Waals surface area (Å²) < 4.78 is 50.9. The molecule has 0 radical (unpaired) electrons. The van der Waals surface area contributed by atoms with Crippen LogP contribution in [0, 0.1) is 0 Å². The van der Waals surface area contributed by atoms with Gasteiger partial charge in [0.1, 0.15) is 17.6 Å². The van der Waals surface area contributed by atoms with Crippen LogP contribution in [0.15, 0.2) is 22.7 Å². The molecule has 1 aliphatic heterocycles. The van der Waals surface area contributed by atoms with Crippen LogP contribution >= 0.6 is 15.9 Å². The number of hydrogen-bond donors (Lipinski definition) is 0. The van der Waals surface area contributed by atoms with Gasteiger partial charge in [0.05, 0.1) is 17.7 Å². The van der Waals surface area contributed by atoms with Gasteiger partial charge in [-0.25, -0.2) is 0 Å². The van der Waals surface area contributed by atoms with Crippen LogP contribution < -0.4 is 9.47 Å². The molecule has 3 nitrogen and oxygen atoms in total. The number of ether oxygens (including phenoxy) is 3. The molecule has 7 heteroatoms. The van der Waals surface area contributed by atoms with E-state index in [4.69, 9.17) is 9.47 Å². The second kappa shape index (κ2) is 5.36. The Bertz CT molecular complexity index is 416. The van der Waals surface area contributed by atoms with Gasteiger partial charge in [-0.15, -0.1) is 13.2 Å². The van der Waals surface area contributed by atoms with E-state index in [0.717, 1.165) is 6.42 Å². The Morgan fingerprint density at radius 3 is 2.67 bits per heavy atom. The predicted octanol–water partition coefficient (Wildman–Crippen LogP) is 3.52. The van der Waals surface area contributed by atoms with E-state index in [1.165, 1.54) is 18.2 Å². The molecule has 0 amide bonds. The van der Waals surface area contributed by atoms with Gasteiger partial charge in [0, 0.05) is 6.42 Å². The molecule has 1 aliphatic rings. The summed E-state index contributed by atoms with van der Waals surface area (Å²) in [6.45, 7) is 1.14. The molecule has 0 spiro atoms. The molecule has 0 aliphatic carbocycles. The molecule has 2 rings (SSSR count). The number of benzene rings is 1. The average molecular weight is 327 g/mol. The van der Waals surface area contributed by atoms with Crippen molar-refractivity contribution in [3.63, 3.8) is 0 Å². The molecule has 0 bridgehead atoms. The van der Waals surface area contributed by atoms with E-state index in [1.54, 1.807) is 0 Å². The summed E-state index contributed by atoms with van der Waals surface area (Å²) in [6, 6.07) is 4.09. The molecule has 1 fully saturated rings. The molecule has 1 saturated heterocycles. The molecule has 1 atom stereocenters.